The second-order valence-electron chi connectivity index (χ2n) is 6.20. The molecule has 6 heteroatoms. The van der Waals surface area contributed by atoms with Crippen molar-refractivity contribution in [3.63, 3.8) is 0 Å². The van der Waals surface area contributed by atoms with Gasteiger partial charge in [0, 0.05) is 16.8 Å². The van der Waals surface area contributed by atoms with E-state index in [2.05, 4.69) is 15.4 Å². The second kappa shape index (κ2) is 6.73. The molecule has 0 aliphatic heterocycles. The van der Waals surface area contributed by atoms with Crippen molar-refractivity contribution in [1.29, 1.82) is 0 Å². The maximum absolute atomic E-state index is 12.5. The fourth-order valence-electron chi connectivity index (χ4n) is 3.29. The first-order valence-electron chi connectivity index (χ1n) is 8.48. The van der Waals surface area contributed by atoms with Gasteiger partial charge in [0.2, 0.25) is 0 Å². The zero-order valence-electron chi connectivity index (χ0n) is 13.5. The Balaban J connectivity index is 1.62. The molecule has 1 amide bonds. The molecule has 1 aliphatic rings. The molecule has 24 heavy (non-hydrogen) atoms. The summed E-state index contributed by atoms with van der Waals surface area (Å²) in [7, 11) is 0. The predicted octanol–water partition coefficient (Wildman–Crippen LogP) is 3.38. The maximum Gasteiger partial charge on any atom is 0.257 e. The summed E-state index contributed by atoms with van der Waals surface area (Å²) in [4.78, 5) is 18.2. The van der Waals surface area contributed by atoms with Crippen LogP contribution in [-0.4, -0.2) is 20.5 Å². The van der Waals surface area contributed by atoms with E-state index in [1.165, 1.54) is 36.9 Å². The zero-order valence-corrected chi connectivity index (χ0v) is 14.3. The van der Waals surface area contributed by atoms with E-state index >= 15 is 0 Å². The molecular formula is C18H20N4OS. The fourth-order valence-corrected chi connectivity index (χ4v) is 3.93. The Labute approximate surface area is 144 Å². The van der Waals surface area contributed by atoms with Gasteiger partial charge in [-0.05, 0) is 42.7 Å². The smallest absolute Gasteiger partial charge is 0.257 e. The molecule has 0 saturated heterocycles. The molecule has 0 atom stereocenters. The van der Waals surface area contributed by atoms with Crippen molar-refractivity contribution in [1.82, 2.24) is 19.9 Å². The third-order valence-electron chi connectivity index (χ3n) is 4.57. The van der Waals surface area contributed by atoms with Crippen LogP contribution in [0.3, 0.4) is 0 Å². The molecule has 0 fully saturated rings. The summed E-state index contributed by atoms with van der Waals surface area (Å²) in [6.07, 6.45) is 10.6. The molecule has 5 nitrogen and oxygen atoms in total. The van der Waals surface area contributed by atoms with Crippen LogP contribution in [0.5, 0.6) is 0 Å². The van der Waals surface area contributed by atoms with Crippen LogP contribution < -0.4 is 5.32 Å². The lowest BCUT2D eigenvalue weighted by molar-refractivity contribution is 0.0952. The molecule has 0 radical (unpaired) electrons. The minimum atomic E-state index is -0.114. The first kappa shape index (κ1) is 15.3. The lowest BCUT2D eigenvalue weighted by Gasteiger charge is -2.14. The van der Waals surface area contributed by atoms with E-state index < -0.39 is 0 Å². The number of nitrogens with one attached hydrogen (secondary N) is 1. The Bertz CT molecular complexity index is 853. The average molecular weight is 340 g/mol. The Morgan fingerprint density at radius 3 is 2.92 bits per heavy atom. The Morgan fingerprint density at radius 1 is 1.21 bits per heavy atom. The van der Waals surface area contributed by atoms with Crippen LogP contribution in [-0.2, 0) is 19.4 Å². The highest BCUT2D eigenvalue weighted by atomic mass is 32.1. The van der Waals surface area contributed by atoms with Gasteiger partial charge in [0.15, 0.2) is 5.65 Å². The number of nitrogens with zero attached hydrogens (tertiary/aromatic N) is 3. The number of aryl methyl sites for hydroxylation is 2. The van der Waals surface area contributed by atoms with Crippen molar-refractivity contribution in [2.24, 2.45) is 0 Å². The summed E-state index contributed by atoms with van der Waals surface area (Å²) in [6, 6.07) is 4.00. The summed E-state index contributed by atoms with van der Waals surface area (Å²) in [6.45, 7) is 0.540. The predicted molar refractivity (Wildman–Crippen MR) is 94.4 cm³/mol. The quantitative estimate of drug-likeness (QED) is 0.795. The molecule has 0 bridgehead atoms. The van der Waals surface area contributed by atoms with E-state index in [0.29, 0.717) is 17.8 Å². The number of rotatable bonds is 3. The molecule has 1 aliphatic carbocycles. The van der Waals surface area contributed by atoms with Crippen LogP contribution in [0.25, 0.3) is 5.65 Å². The van der Waals surface area contributed by atoms with Crippen molar-refractivity contribution in [2.75, 3.05) is 0 Å². The first-order valence-corrected chi connectivity index (χ1v) is 9.36. The van der Waals surface area contributed by atoms with Crippen molar-refractivity contribution in [2.45, 2.75) is 45.1 Å². The number of carbonyl (C=O) groups is 1. The van der Waals surface area contributed by atoms with Crippen molar-refractivity contribution < 1.29 is 4.79 Å². The van der Waals surface area contributed by atoms with Crippen LogP contribution in [0.1, 0.15) is 52.2 Å². The highest BCUT2D eigenvalue weighted by Gasteiger charge is 2.18. The van der Waals surface area contributed by atoms with Gasteiger partial charge in [-0.25, -0.2) is 9.50 Å². The van der Waals surface area contributed by atoms with E-state index in [1.807, 2.05) is 28.2 Å². The Morgan fingerprint density at radius 2 is 2.08 bits per heavy atom. The van der Waals surface area contributed by atoms with Gasteiger partial charge in [0.25, 0.3) is 5.91 Å². The molecule has 0 unspecified atom stereocenters. The normalized spacial score (nSPS) is 14.8. The van der Waals surface area contributed by atoms with Gasteiger partial charge in [-0.2, -0.15) is 5.10 Å². The topological polar surface area (TPSA) is 59.3 Å². The van der Waals surface area contributed by atoms with Crippen LogP contribution in [0.2, 0.25) is 0 Å². The summed E-state index contributed by atoms with van der Waals surface area (Å²) in [5.41, 5.74) is 3.71. The van der Waals surface area contributed by atoms with Gasteiger partial charge in [0.1, 0.15) is 5.56 Å². The van der Waals surface area contributed by atoms with Gasteiger partial charge in [0.05, 0.1) is 12.7 Å². The van der Waals surface area contributed by atoms with Crippen LogP contribution >= 0.6 is 11.3 Å². The molecular weight excluding hydrogens is 320 g/mol. The van der Waals surface area contributed by atoms with E-state index in [1.54, 1.807) is 17.5 Å². The van der Waals surface area contributed by atoms with E-state index in [4.69, 9.17) is 0 Å². The highest BCUT2D eigenvalue weighted by Crippen LogP contribution is 2.21. The van der Waals surface area contributed by atoms with Crippen molar-refractivity contribution in [3.05, 3.63) is 51.6 Å². The van der Waals surface area contributed by atoms with Crippen LogP contribution in [0.4, 0.5) is 0 Å². The molecule has 3 heterocycles. The number of hydrogen-bond acceptors (Lipinski definition) is 4. The first-order chi connectivity index (χ1) is 11.8. The molecule has 0 spiro atoms. The van der Waals surface area contributed by atoms with Crippen LogP contribution in [0, 0.1) is 0 Å². The summed E-state index contributed by atoms with van der Waals surface area (Å²) in [5.74, 6) is -0.114. The molecule has 3 aromatic heterocycles. The van der Waals surface area contributed by atoms with Gasteiger partial charge in [-0.1, -0.05) is 18.9 Å². The Hall–Kier alpha value is -2.21. The van der Waals surface area contributed by atoms with Gasteiger partial charge in [-0.15, -0.1) is 11.3 Å². The van der Waals surface area contributed by atoms with Crippen molar-refractivity contribution >= 4 is 22.9 Å². The molecule has 124 valence electrons. The largest absolute Gasteiger partial charge is 0.347 e. The summed E-state index contributed by atoms with van der Waals surface area (Å²) >= 11 is 1.64. The maximum atomic E-state index is 12.5. The molecule has 0 aromatic carbocycles. The van der Waals surface area contributed by atoms with Gasteiger partial charge < -0.3 is 5.32 Å². The SMILES string of the molecule is O=C(NCc1cccs1)c1cnn2c3c(cnc12)CCCCCC3. The minimum Gasteiger partial charge on any atom is -0.347 e. The standard InChI is InChI=1S/C18H20N4OS/c23-18(20-11-14-7-5-9-24-14)15-12-21-22-16-8-4-2-1-3-6-13(16)10-19-17(15)22/h5,7,9-10,12H,1-4,6,8,11H2,(H,20,23). The third kappa shape index (κ3) is 2.94. The van der Waals surface area contributed by atoms with Gasteiger partial charge in [-0.3, -0.25) is 4.79 Å². The number of hydrogen-bond donors (Lipinski definition) is 1. The second-order valence-corrected chi connectivity index (χ2v) is 7.23. The number of aromatic nitrogens is 3. The van der Waals surface area contributed by atoms with E-state index in [9.17, 15) is 4.79 Å². The fraction of sp³-hybridized carbons (Fsp3) is 0.389. The third-order valence-corrected chi connectivity index (χ3v) is 5.45. The highest BCUT2D eigenvalue weighted by molar-refractivity contribution is 7.09. The zero-order chi connectivity index (χ0) is 16.4. The lowest BCUT2D eigenvalue weighted by atomic mass is 9.98. The molecule has 0 saturated carbocycles. The molecule has 3 aromatic rings. The number of fused-ring (bicyclic) bond motifs is 3. The van der Waals surface area contributed by atoms with E-state index in [0.717, 1.165) is 17.7 Å². The monoisotopic (exact) mass is 340 g/mol. The number of carbonyl (C=O) groups excluding carboxylic acids is 1. The Kier molecular flexibility index (Phi) is 4.30. The number of thiophene rings is 1. The van der Waals surface area contributed by atoms with Gasteiger partial charge >= 0.3 is 0 Å². The van der Waals surface area contributed by atoms with E-state index in [-0.39, 0.29) is 5.91 Å². The minimum absolute atomic E-state index is 0.114. The molecule has 4 rings (SSSR count). The lowest BCUT2D eigenvalue weighted by Crippen LogP contribution is -2.22. The average Bonchev–Trinajstić information content (AvgIpc) is 3.22. The number of amides is 1. The summed E-state index contributed by atoms with van der Waals surface area (Å²) < 4.78 is 1.88. The molecule has 1 N–H and O–H groups in total. The van der Waals surface area contributed by atoms with Crippen molar-refractivity contribution in [3.8, 4) is 0 Å². The van der Waals surface area contributed by atoms with Crippen LogP contribution in [0.15, 0.2) is 29.9 Å². The summed E-state index contributed by atoms with van der Waals surface area (Å²) in [5, 5.41) is 9.44.